The molecule has 0 unspecified atom stereocenters. The van der Waals surface area contributed by atoms with E-state index in [0.29, 0.717) is 11.8 Å². The van der Waals surface area contributed by atoms with Crippen molar-refractivity contribution in [3.8, 4) is 0 Å². The molecule has 0 radical (unpaired) electrons. The van der Waals surface area contributed by atoms with Crippen LogP contribution >= 0.6 is 0 Å². The van der Waals surface area contributed by atoms with Crippen LogP contribution in [0.4, 0.5) is 0 Å². The van der Waals surface area contributed by atoms with Crippen LogP contribution in [0.1, 0.15) is 13.3 Å². The van der Waals surface area contributed by atoms with E-state index >= 15 is 0 Å². The van der Waals surface area contributed by atoms with Gasteiger partial charge in [0.15, 0.2) is 7.31 Å². The molecule has 2 atom stereocenters. The number of nitrogens with zero attached hydrogens (tertiary/aromatic N) is 1. The zero-order chi connectivity index (χ0) is 9.14. The molecule has 12 heavy (non-hydrogen) atoms. The molecular weight excluding hydrogens is 150 g/mol. The highest BCUT2D eigenvalue weighted by atomic mass is 16.1. The summed E-state index contributed by atoms with van der Waals surface area (Å²) in [5.41, 5.74) is 0. The Kier molecular flexibility index (Phi) is 3.35. The number of rotatable bonds is 3. The third kappa shape index (κ3) is 1.90. The summed E-state index contributed by atoms with van der Waals surface area (Å²) in [6, 6.07) is 0.659. The number of likely N-dealkylation sites (N-methyl/N-ethyl adjacent to an activating group) is 1. The Labute approximate surface area is 75.5 Å². The minimum absolute atomic E-state index is 0.160. The van der Waals surface area contributed by atoms with Crippen molar-refractivity contribution in [1.29, 1.82) is 0 Å². The van der Waals surface area contributed by atoms with Crippen LogP contribution in [0.3, 0.4) is 0 Å². The first kappa shape index (κ1) is 9.81. The van der Waals surface area contributed by atoms with Gasteiger partial charge in [0.1, 0.15) is 5.78 Å². The van der Waals surface area contributed by atoms with Gasteiger partial charge >= 0.3 is 0 Å². The van der Waals surface area contributed by atoms with Crippen molar-refractivity contribution < 1.29 is 4.79 Å². The average molecular weight is 166 g/mol. The summed E-state index contributed by atoms with van der Waals surface area (Å²) in [6.45, 7) is 2.70. The predicted octanol–water partition coefficient (Wildman–Crippen LogP) is -1.86. The Morgan fingerprint density at radius 1 is 1.75 bits per heavy atom. The first-order valence-corrected chi connectivity index (χ1v) is 4.60. The van der Waals surface area contributed by atoms with Gasteiger partial charge in [-0.25, -0.2) is 0 Å². The van der Waals surface area contributed by atoms with E-state index in [-0.39, 0.29) is 6.04 Å². The van der Waals surface area contributed by atoms with Gasteiger partial charge in [-0.2, -0.15) is 0 Å². The molecular formula is C7H16B2N2O. The van der Waals surface area contributed by atoms with Gasteiger partial charge in [0.2, 0.25) is 0 Å². The average Bonchev–Trinajstić information content (AvgIpc) is 2.47. The number of carbonyl (C=O) groups excluding carboxylic acids is 1. The Morgan fingerprint density at radius 2 is 2.42 bits per heavy atom. The largest absolute Gasteiger partial charge is 0.343 e. The van der Waals surface area contributed by atoms with E-state index in [0.717, 1.165) is 20.3 Å². The van der Waals surface area contributed by atoms with Crippen LogP contribution in [0.2, 0.25) is 0 Å². The van der Waals surface area contributed by atoms with Crippen molar-refractivity contribution >= 4 is 20.8 Å². The lowest BCUT2D eigenvalue weighted by atomic mass is 9.64. The molecule has 1 heterocycles. The quantitative estimate of drug-likeness (QED) is 0.498. The van der Waals surface area contributed by atoms with Gasteiger partial charge in [-0.05, 0) is 20.4 Å². The van der Waals surface area contributed by atoms with E-state index < -0.39 is 0 Å². The van der Waals surface area contributed by atoms with Gasteiger partial charge in [0, 0.05) is 12.6 Å². The van der Waals surface area contributed by atoms with E-state index in [4.69, 9.17) is 0 Å². The maximum Gasteiger partial charge on any atom is 0.162 e. The van der Waals surface area contributed by atoms with Gasteiger partial charge in [-0.3, -0.25) is 4.79 Å². The van der Waals surface area contributed by atoms with Crippen molar-refractivity contribution in [3.05, 3.63) is 0 Å². The lowest BCUT2D eigenvalue weighted by Gasteiger charge is -2.19. The standard InChI is InChI=1S/C7H16B2N2O/c1-5(12)7-3-6(10-2)4-11(7)9-8/h6-7,9-10H,3-4,8H2,1-2H3/t6-,7-/m0/s1. The lowest BCUT2D eigenvalue weighted by Crippen LogP contribution is -2.38. The number of hydrogen-bond donors (Lipinski definition) is 1. The predicted molar refractivity (Wildman–Crippen MR) is 54.3 cm³/mol. The molecule has 0 spiro atoms. The topological polar surface area (TPSA) is 32.3 Å². The molecule has 0 saturated carbocycles. The van der Waals surface area contributed by atoms with E-state index in [1.807, 2.05) is 7.05 Å². The van der Waals surface area contributed by atoms with Crippen molar-refractivity contribution in [2.75, 3.05) is 13.6 Å². The molecule has 0 aromatic rings. The summed E-state index contributed by atoms with van der Waals surface area (Å²) in [4.78, 5) is 13.4. The second-order valence-corrected chi connectivity index (χ2v) is 3.44. The smallest absolute Gasteiger partial charge is 0.162 e. The molecule has 0 aromatic carbocycles. The van der Waals surface area contributed by atoms with Crippen molar-refractivity contribution in [2.24, 2.45) is 0 Å². The minimum Gasteiger partial charge on any atom is -0.343 e. The van der Waals surface area contributed by atoms with Crippen molar-refractivity contribution in [3.63, 3.8) is 0 Å². The molecule has 1 rings (SSSR count). The van der Waals surface area contributed by atoms with Crippen LogP contribution in [-0.2, 0) is 4.79 Å². The van der Waals surface area contributed by atoms with Crippen LogP contribution in [0.5, 0.6) is 0 Å². The SMILES string of the molecule is BBN1C[C@@H](NC)C[C@H]1C(C)=O. The van der Waals surface area contributed by atoms with Crippen LogP contribution in [-0.4, -0.2) is 51.3 Å². The monoisotopic (exact) mass is 166 g/mol. The van der Waals surface area contributed by atoms with Crippen LogP contribution in [0.15, 0.2) is 0 Å². The van der Waals surface area contributed by atoms with Gasteiger partial charge in [0.05, 0.1) is 13.8 Å². The molecule has 3 nitrogen and oxygen atoms in total. The Hall–Kier alpha value is -0.280. The van der Waals surface area contributed by atoms with Crippen LogP contribution < -0.4 is 5.32 Å². The zero-order valence-corrected chi connectivity index (χ0v) is 8.13. The highest BCUT2D eigenvalue weighted by Gasteiger charge is 2.32. The molecule has 1 aliphatic heterocycles. The number of hydrogen-bond acceptors (Lipinski definition) is 3. The van der Waals surface area contributed by atoms with E-state index in [2.05, 4.69) is 17.9 Å². The maximum atomic E-state index is 11.2. The number of ketones is 1. The molecule has 1 fully saturated rings. The first-order chi connectivity index (χ1) is 5.69. The first-order valence-electron chi connectivity index (χ1n) is 4.60. The molecule has 0 bridgehead atoms. The highest BCUT2D eigenvalue weighted by molar-refractivity contribution is 6.87. The third-order valence-electron chi connectivity index (χ3n) is 2.69. The fraction of sp³-hybridized carbons (Fsp3) is 0.857. The van der Waals surface area contributed by atoms with E-state index in [1.165, 1.54) is 0 Å². The maximum absolute atomic E-state index is 11.2. The molecule has 1 saturated heterocycles. The fourth-order valence-electron chi connectivity index (χ4n) is 1.89. The molecule has 1 aliphatic rings. The molecule has 66 valence electrons. The second kappa shape index (κ2) is 4.10. The normalized spacial score (nSPS) is 30.5. The van der Waals surface area contributed by atoms with Crippen molar-refractivity contribution in [2.45, 2.75) is 25.4 Å². The van der Waals surface area contributed by atoms with Gasteiger partial charge in [-0.15, -0.1) is 0 Å². The van der Waals surface area contributed by atoms with Gasteiger partial charge < -0.3 is 10.1 Å². The molecule has 0 aliphatic carbocycles. The van der Waals surface area contributed by atoms with Gasteiger partial charge in [0.25, 0.3) is 0 Å². The van der Waals surface area contributed by atoms with Crippen LogP contribution in [0, 0.1) is 0 Å². The second-order valence-electron chi connectivity index (χ2n) is 3.44. The number of Topliss-reactive ketones (excluding diaryl/α,β-unsaturated/α-hetero) is 1. The highest BCUT2D eigenvalue weighted by Crippen LogP contribution is 2.16. The summed E-state index contributed by atoms with van der Waals surface area (Å²) >= 11 is 0. The summed E-state index contributed by atoms with van der Waals surface area (Å²) in [7, 11) is 5.04. The minimum atomic E-state index is 0.160. The fourth-order valence-corrected chi connectivity index (χ4v) is 1.89. The molecule has 1 N–H and O–H groups in total. The number of nitrogens with one attached hydrogen (secondary N) is 1. The number of carbonyl (C=O) groups is 1. The zero-order valence-electron chi connectivity index (χ0n) is 8.13. The van der Waals surface area contributed by atoms with E-state index in [9.17, 15) is 4.79 Å². The van der Waals surface area contributed by atoms with Gasteiger partial charge in [-0.1, -0.05) is 0 Å². The lowest BCUT2D eigenvalue weighted by molar-refractivity contribution is -0.119. The van der Waals surface area contributed by atoms with E-state index in [1.54, 1.807) is 6.92 Å². The Morgan fingerprint density at radius 3 is 2.75 bits per heavy atom. The summed E-state index contributed by atoms with van der Waals surface area (Å²) in [6.07, 6.45) is 0.972. The molecule has 0 amide bonds. The summed E-state index contributed by atoms with van der Waals surface area (Å²) < 4.78 is 0. The third-order valence-corrected chi connectivity index (χ3v) is 2.69. The molecule has 5 heteroatoms. The van der Waals surface area contributed by atoms with Crippen LogP contribution in [0.25, 0.3) is 0 Å². The molecule has 0 aromatic heterocycles. The summed E-state index contributed by atoms with van der Waals surface area (Å²) in [5.74, 6) is 0.301. The Bertz CT molecular complexity index is 177. The Balaban J connectivity index is 2.56. The van der Waals surface area contributed by atoms with Crippen molar-refractivity contribution in [1.82, 2.24) is 10.1 Å². The summed E-state index contributed by atoms with van der Waals surface area (Å²) in [5, 5.41) is 3.22.